The van der Waals surface area contributed by atoms with Gasteiger partial charge in [0, 0.05) is 11.4 Å². The van der Waals surface area contributed by atoms with Crippen LogP contribution >= 0.6 is 15.9 Å². The lowest BCUT2D eigenvalue weighted by Crippen LogP contribution is -2.38. The Morgan fingerprint density at radius 3 is 2.36 bits per heavy atom. The maximum Gasteiger partial charge on any atom is 0.0188 e. The molecule has 0 aromatic rings. The first-order chi connectivity index (χ1) is 6.74. The Labute approximate surface area is 97.2 Å². The van der Waals surface area contributed by atoms with Gasteiger partial charge in [-0.25, -0.2) is 0 Å². The van der Waals surface area contributed by atoms with Crippen molar-refractivity contribution in [3.05, 3.63) is 0 Å². The van der Waals surface area contributed by atoms with Crippen LogP contribution in [0.5, 0.6) is 0 Å². The lowest BCUT2D eigenvalue weighted by molar-refractivity contribution is 0.315. The number of hydrogen-bond donors (Lipinski definition) is 1. The Morgan fingerprint density at radius 1 is 1.21 bits per heavy atom. The van der Waals surface area contributed by atoms with Crippen molar-refractivity contribution in [1.29, 1.82) is 0 Å². The number of alkyl halides is 1. The Hall–Kier alpha value is 0.440. The highest BCUT2D eigenvalue weighted by molar-refractivity contribution is 9.09. The minimum Gasteiger partial charge on any atom is -0.313 e. The molecule has 1 rings (SSSR count). The third kappa shape index (κ3) is 4.31. The molecule has 1 atom stereocenters. The molecule has 0 bridgehead atoms. The van der Waals surface area contributed by atoms with Gasteiger partial charge in [-0.2, -0.15) is 0 Å². The van der Waals surface area contributed by atoms with E-state index >= 15 is 0 Å². The summed E-state index contributed by atoms with van der Waals surface area (Å²) in [5.74, 6) is 1.68. The Bertz CT molecular complexity index is 141. The zero-order chi connectivity index (χ0) is 10.4. The Kier molecular flexibility index (Phi) is 6.11. The van der Waals surface area contributed by atoms with Crippen LogP contribution in [0, 0.1) is 11.8 Å². The second-order valence-corrected chi connectivity index (χ2v) is 5.56. The average Bonchev–Trinajstić information content (AvgIpc) is 2.20. The lowest BCUT2D eigenvalue weighted by atomic mass is 9.89. The molecule has 0 aliphatic heterocycles. The SMILES string of the molecule is CC(C)C(CBr)NCC1CCCCC1. The first-order valence-corrected chi connectivity index (χ1v) is 7.15. The van der Waals surface area contributed by atoms with Crippen molar-refractivity contribution in [2.24, 2.45) is 11.8 Å². The molecule has 1 unspecified atom stereocenters. The van der Waals surface area contributed by atoms with Gasteiger partial charge in [0.25, 0.3) is 0 Å². The van der Waals surface area contributed by atoms with Crippen molar-refractivity contribution in [2.75, 3.05) is 11.9 Å². The molecule has 14 heavy (non-hydrogen) atoms. The maximum atomic E-state index is 3.69. The van der Waals surface area contributed by atoms with E-state index in [1.165, 1.54) is 38.6 Å². The summed E-state index contributed by atoms with van der Waals surface area (Å²) in [5.41, 5.74) is 0. The van der Waals surface area contributed by atoms with E-state index in [4.69, 9.17) is 0 Å². The molecular weight excluding hydrogens is 238 g/mol. The monoisotopic (exact) mass is 261 g/mol. The zero-order valence-corrected chi connectivity index (χ0v) is 11.1. The van der Waals surface area contributed by atoms with Gasteiger partial charge in [-0.3, -0.25) is 0 Å². The van der Waals surface area contributed by atoms with Gasteiger partial charge in [0.2, 0.25) is 0 Å². The number of nitrogens with one attached hydrogen (secondary N) is 1. The van der Waals surface area contributed by atoms with Crippen LogP contribution in [0.2, 0.25) is 0 Å². The van der Waals surface area contributed by atoms with Gasteiger partial charge >= 0.3 is 0 Å². The van der Waals surface area contributed by atoms with Crippen molar-refractivity contribution >= 4 is 15.9 Å². The first kappa shape index (κ1) is 12.5. The molecule has 0 aromatic heterocycles. The normalized spacial score (nSPS) is 21.4. The van der Waals surface area contributed by atoms with E-state index in [2.05, 4.69) is 35.1 Å². The summed E-state index contributed by atoms with van der Waals surface area (Å²) in [6, 6.07) is 0.650. The predicted octanol–water partition coefficient (Wildman–Crippen LogP) is 3.58. The molecule has 2 heteroatoms. The van der Waals surface area contributed by atoms with Crippen molar-refractivity contribution in [1.82, 2.24) is 5.32 Å². The van der Waals surface area contributed by atoms with Crippen LogP contribution in [0.4, 0.5) is 0 Å². The summed E-state index contributed by atoms with van der Waals surface area (Å²) in [5, 5.41) is 4.77. The van der Waals surface area contributed by atoms with E-state index < -0.39 is 0 Å². The predicted molar refractivity (Wildman–Crippen MR) is 67.0 cm³/mol. The third-order valence-electron chi connectivity index (χ3n) is 3.36. The average molecular weight is 262 g/mol. The van der Waals surface area contributed by atoms with Crippen molar-refractivity contribution < 1.29 is 0 Å². The fourth-order valence-corrected chi connectivity index (χ4v) is 3.15. The molecule has 1 saturated carbocycles. The second kappa shape index (κ2) is 6.84. The van der Waals surface area contributed by atoms with Crippen LogP contribution in [-0.2, 0) is 0 Å². The highest BCUT2D eigenvalue weighted by atomic mass is 79.9. The summed E-state index contributed by atoms with van der Waals surface area (Å²) in [6.45, 7) is 5.81. The van der Waals surface area contributed by atoms with Gasteiger partial charge in [-0.05, 0) is 31.2 Å². The standard InChI is InChI=1S/C12H24BrN/c1-10(2)12(8-13)14-9-11-6-4-3-5-7-11/h10-12,14H,3-9H2,1-2H3. The molecule has 1 nitrogen and oxygen atoms in total. The first-order valence-electron chi connectivity index (χ1n) is 6.03. The molecule has 0 amide bonds. The largest absolute Gasteiger partial charge is 0.313 e. The van der Waals surface area contributed by atoms with Crippen molar-refractivity contribution in [3.63, 3.8) is 0 Å². The number of rotatable bonds is 5. The molecule has 1 aliphatic rings. The van der Waals surface area contributed by atoms with Crippen LogP contribution in [0.1, 0.15) is 46.0 Å². The second-order valence-electron chi connectivity index (χ2n) is 4.92. The van der Waals surface area contributed by atoms with Gasteiger partial charge in [-0.15, -0.1) is 0 Å². The van der Waals surface area contributed by atoms with Gasteiger partial charge in [0.1, 0.15) is 0 Å². The van der Waals surface area contributed by atoms with Gasteiger partial charge < -0.3 is 5.32 Å². The van der Waals surface area contributed by atoms with E-state index in [0.29, 0.717) is 6.04 Å². The molecule has 84 valence electrons. The van der Waals surface area contributed by atoms with E-state index in [9.17, 15) is 0 Å². The minimum absolute atomic E-state index is 0.650. The quantitative estimate of drug-likeness (QED) is 0.747. The lowest BCUT2D eigenvalue weighted by Gasteiger charge is -2.26. The van der Waals surface area contributed by atoms with Crippen LogP contribution in [-0.4, -0.2) is 17.9 Å². The fraction of sp³-hybridized carbons (Fsp3) is 1.00. The molecule has 0 saturated heterocycles. The van der Waals surface area contributed by atoms with Crippen molar-refractivity contribution in [2.45, 2.75) is 52.0 Å². The molecular formula is C12H24BrN. The molecule has 1 N–H and O–H groups in total. The maximum absolute atomic E-state index is 3.69. The number of halogens is 1. The zero-order valence-electron chi connectivity index (χ0n) is 9.56. The summed E-state index contributed by atoms with van der Waals surface area (Å²) >= 11 is 3.58. The summed E-state index contributed by atoms with van der Waals surface area (Å²) < 4.78 is 0. The summed E-state index contributed by atoms with van der Waals surface area (Å²) in [6.07, 6.45) is 7.25. The van der Waals surface area contributed by atoms with Crippen LogP contribution in [0.15, 0.2) is 0 Å². The molecule has 0 aromatic carbocycles. The minimum atomic E-state index is 0.650. The topological polar surface area (TPSA) is 12.0 Å². The Morgan fingerprint density at radius 2 is 1.86 bits per heavy atom. The number of hydrogen-bond acceptors (Lipinski definition) is 1. The van der Waals surface area contributed by atoms with Crippen LogP contribution in [0.3, 0.4) is 0 Å². The summed E-state index contributed by atoms with van der Waals surface area (Å²) in [4.78, 5) is 0. The van der Waals surface area contributed by atoms with E-state index in [1.807, 2.05) is 0 Å². The van der Waals surface area contributed by atoms with Crippen LogP contribution in [0.25, 0.3) is 0 Å². The fourth-order valence-electron chi connectivity index (χ4n) is 2.18. The van der Waals surface area contributed by atoms with Gasteiger partial charge in [-0.1, -0.05) is 49.0 Å². The van der Waals surface area contributed by atoms with Crippen LogP contribution < -0.4 is 5.32 Å². The smallest absolute Gasteiger partial charge is 0.0188 e. The highest BCUT2D eigenvalue weighted by Crippen LogP contribution is 2.23. The van der Waals surface area contributed by atoms with E-state index in [-0.39, 0.29) is 0 Å². The molecule has 0 spiro atoms. The van der Waals surface area contributed by atoms with Gasteiger partial charge in [0.15, 0.2) is 0 Å². The molecule has 0 heterocycles. The van der Waals surface area contributed by atoms with Gasteiger partial charge in [0.05, 0.1) is 0 Å². The van der Waals surface area contributed by atoms with E-state index in [1.54, 1.807) is 0 Å². The molecule has 0 radical (unpaired) electrons. The highest BCUT2D eigenvalue weighted by Gasteiger charge is 2.16. The molecule has 1 aliphatic carbocycles. The Balaban J connectivity index is 2.16. The summed E-state index contributed by atoms with van der Waals surface area (Å²) in [7, 11) is 0. The van der Waals surface area contributed by atoms with E-state index in [0.717, 1.165) is 17.2 Å². The molecule has 1 fully saturated rings. The van der Waals surface area contributed by atoms with Crippen molar-refractivity contribution in [3.8, 4) is 0 Å². The third-order valence-corrected chi connectivity index (χ3v) is 4.06.